The van der Waals surface area contributed by atoms with E-state index in [2.05, 4.69) is 24.1 Å². The van der Waals surface area contributed by atoms with Gasteiger partial charge in [0.25, 0.3) is 11.8 Å². The number of hydrogen-bond donors (Lipinski definition) is 1. The number of nitrogens with one attached hydrogen (secondary N) is 1. The molecule has 0 aromatic heterocycles. The van der Waals surface area contributed by atoms with Crippen molar-refractivity contribution in [3.8, 4) is 5.75 Å². The van der Waals surface area contributed by atoms with Gasteiger partial charge in [0.15, 0.2) is 0 Å². The molecule has 1 aromatic rings. The number of urea groups is 1. The normalized spacial score (nSPS) is 19.5. The zero-order valence-electron chi connectivity index (χ0n) is 17.4. The zero-order valence-corrected chi connectivity index (χ0v) is 17.4. The van der Waals surface area contributed by atoms with Gasteiger partial charge in [-0.2, -0.15) is 0 Å². The number of nitrogens with zero attached hydrogens (tertiary/aromatic N) is 2. The highest BCUT2D eigenvalue weighted by molar-refractivity contribution is 6.31. The number of hydrogen-bond acceptors (Lipinski definition) is 5. The van der Waals surface area contributed by atoms with Crippen molar-refractivity contribution in [3.63, 3.8) is 0 Å². The lowest BCUT2D eigenvalue weighted by Gasteiger charge is -2.35. The van der Waals surface area contributed by atoms with E-state index in [9.17, 15) is 14.4 Å². The second-order valence-electron chi connectivity index (χ2n) is 7.38. The van der Waals surface area contributed by atoms with Gasteiger partial charge >= 0.3 is 6.03 Å². The molecule has 1 aliphatic heterocycles. The highest BCUT2D eigenvalue weighted by Crippen LogP contribution is 2.30. The molecule has 1 saturated carbocycles. The number of ether oxygens (including phenoxy) is 1. The van der Waals surface area contributed by atoms with Gasteiger partial charge in [0, 0.05) is 36.4 Å². The van der Waals surface area contributed by atoms with Crippen molar-refractivity contribution < 1.29 is 19.1 Å². The fraction of sp³-hybridized carbons (Fsp3) is 0.500. The molecule has 1 N–H and O–H groups in total. The molecule has 156 valence electrons. The topological polar surface area (TPSA) is 79.0 Å². The molecule has 2 aliphatic rings. The Kier molecular flexibility index (Phi) is 6.56. The molecule has 0 radical (unpaired) electrons. The lowest BCUT2D eigenvalue weighted by molar-refractivity contribution is -0.132. The van der Waals surface area contributed by atoms with E-state index in [1.165, 1.54) is 11.0 Å². The number of carbonyl (C=O) groups excluding carboxylic acids is 3. The van der Waals surface area contributed by atoms with Crippen LogP contribution in [-0.2, 0) is 9.59 Å². The van der Waals surface area contributed by atoms with Crippen LogP contribution in [0.4, 0.5) is 10.5 Å². The van der Waals surface area contributed by atoms with Gasteiger partial charge < -0.3 is 9.64 Å². The largest absolute Gasteiger partial charge is 0.496 e. The molecule has 29 heavy (non-hydrogen) atoms. The predicted molar refractivity (Wildman–Crippen MR) is 112 cm³/mol. The Morgan fingerprint density at radius 3 is 2.45 bits per heavy atom. The Morgan fingerprint density at radius 1 is 1.14 bits per heavy atom. The van der Waals surface area contributed by atoms with Crippen molar-refractivity contribution in [1.82, 2.24) is 10.2 Å². The zero-order chi connectivity index (χ0) is 21.0. The van der Waals surface area contributed by atoms with Crippen LogP contribution in [-0.4, -0.2) is 49.0 Å². The smallest absolute Gasteiger partial charge is 0.331 e. The third kappa shape index (κ3) is 4.28. The summed E-state index contributed by atoms with van der Waals surface area (Å²) < 4.78 is 5.51. The summed E-state index contributed by atoms with van der Waals surface area (Å²) in [7, 11) is 1.56. The van der Waals surface area contributed by atoms with Crippen LogP contribution >= 0.6 is 0 Å². The Hall–Kier alpha value is -2.83. The van der Waals surface area contributed by atoms with Gasteiger partial charge in [0.1, 0.15) is 11.3 Å². The van der Waals surface area contributed by atoms with Gasteiger partial charge in [-0.25, -0.2) is 4.79 Å². The second kappa shape index (κ2) is 9.11. The van der Waals surface area contributed by atoms with E-state index >= 15 is 0 Å². The summed E-state index contributed by atoms with van der Waals surface area (Å²) in [6.45, 7) is 5.88. The van der Waals surface area contributed by atoms with Crippen molar-refractivity contribution in [1.29, 1.82) is 0 Å². The maximum absolute atomic E-state index is 13.0. The molecule has 1 aliphatic carbocycles. The molecule has 0 atom stereocenters. The predicted octanol–water partition coefficient (Wildman–Crippen LogP) is 3.34. The molecule has 0 bridgehead atoms. The van der Waals surface area contributed by atoms with Crippen molar-refractivity contribution in [2.45, 2.75) is 52.0 Å². The summed E-state index contributed by atoms with van der Waals surface area (Å²) in [5.41, 5.74) is 1.59. The fourth-order valence-corrected chi connectivity index (χ4v) is 4.10. The first-order valence-corrected chi connectivity index (χ1v) is 10.3. The average molecular weight is 399 g/mol. The number of rotatable bonds is 6. The third-order valence-electron chi connectivity index (χ3n) is 5.72. The van der Waals surface area contributed by atoms with Crippen LogP contribution in [0.1, 0.15) is 51.5 Å². The molecule has 2 fully saturated rings. The van der Waals surface area contributed by atoms with Crippen LogP contribution in [0.5, 0.6) is 5.75 Å². The van der Waals surface area contributed by atoms with Gasteiger partial charge in [-0.3, -0.25) is 19.8 Å². The SMILES string of the molecule is CCN(CC)c1ccc(/C=C2/C(=O)NC(=O)N(C3CCCCC3)C2=O)c(OC)c1. The van der Waals surface area contributed by atoms with Crippen molar-refractivity contribution in [2.75, 3.05) is 25.1 Å². The van der Waals surface area contributed by atoms with E-state index in [-0.39, 0.29) is 11.6 Å². The molecule has 3 rings (SSSR count). The second-order valence-corrected chi connectivity index (χ2v) is 7.38. The van der Waals surface area contributed by atoms with Crippen LogP contribution in [0.3, 0.4) is 0 Å². The number of carbonyl (C=O) groups is 3. The first-order valence-electron chi connectivity index (χ1n) is 10.3. The van der Waals surface area contributed by atoms with E-state index in [1.807, 2.05) is 18.2 Å². The molecule has 1 saturated heterocycles. The standard InChI is InChI=1S/C22H29N3O4/c1-4-24(5-2)17-12-11-15(19(14-17)29-3)13-18-20(26)23-22(28)25(21(18)27)16-9-7-6-8-10-16/h11-14,16H,4-10H2,1-3H3,(H,23,26,28)/b18-13-. The summed E-state index contributed by atoms with van der Waals surface area (Å²) in [5, 5.41) is 2.32. The summed E-state index contributed by atoms with van der Waals surface area (Å²) in [6.07, 6.45) is 6.15. The molecule has 7 heteroatoms. The van der Waals surface area contributed by atoms with Gasteiger partial charge in [-0.05, 0) is 44.9 Å². The minimum atomic E-state index is -0.665. The molecule has 1 aromatic carbocycles. The monoisotopic (exact) mass is 399 g/mol. The van der Waals surface area contributed by atoms with Crippen molar-refractivity contribution in [2.24, 2.45) is 0 Å². The Bertz CT molecular complexity index is 823. The minimum Gasteiger partial charge on any atom is -0.496 e. The van der Waals surface area contributed by atoms with E-state index < -0.39 is 17.8 Å². The maximum atomic E-state index is 13.0. The van der Waals surface area contributed by atoms with Gasteiger partial charge in [0.05, 0.1) is 7.11 Å². The minimum absolute atomic E-state index is 0.0379. The third-order valence-corrected chi connectivity index (χ3v) is 5.72. The molecular weight excluding hydrogens is 370 g/mol. The van der Waals surface area contributed by atoms with Crippen LogP contribution < -0.4 is 15.0 Å². The van der Waals surface area contributed by atoms with Crippen molar-refractivity contribution in [3.05, 3.63) is 29.3 Å². The lowest BCUT2D eigenvalue weighted by atomic mass is 9.93. The summed E-state index contributed by atoms with van der Waals surface area (Å²) in [5.74, 6) is -0.619. The molecular formula is C22H29N3O4. The number of benzene rings is 1. The Labute approximate surface area is 171 Å². The van der Waals surface area contributed by atoms with Gasteiger partial charge in [-0.1, -0.05) is 19.3 Å². The molecule has 1 heterocycles. The summed E-state index contributed by atoms with van der Waals surface area (Å²) in [6, 6.07) is 4.90. The molecule has 4 amide bonds. The first-order chi connectivity index (χ1) is 14.0. The Morgan fingerprint density at radius 2 is 1.83 bits per heavy atom. The quantitative estimate of drug-likeness (QED) is 0.586. The summed E-state index contributed by atoms with van der Waals surface area (Å²) in [4.78, 5) is 41.2. The summed E-state index contributed by atoms with van der Waals surface area (Å²) >= 11 is 0. The van der Waals surface area contributed by atoms with Crippen molar-refractivity contribution >= 4 is 29.6 Å². The van der Waals surface area contributed by atoms with Crippen LogP contribution in [0, 0.1) is 0 Å². The Balaban J connectivity index is 1.94. The number of barbiturate groups is 1. The molecule has 0 spiro atoms. The van der Waals surface area contributed by atoms with Gasteiger partial charge in [-0.15, -0.1) is 0 Å². The maximum Gasteiger partial charge on any atom is 0.331 e. The van der Waals surface area contributed by atoms with Crippen LogP contribution in [0.25, 0.3) is 6.08 Å². The van der Waals surface area contributed by atoms with Crippen LogP contribution in [0.2, 0.25) is 0 Å². The number of amides is 4. The van der Waals surface area contributed by atoms with E-state index in [0.717, 1.165) is 50.9 Å². The van der Waals surface area contributed by atoms with E-state index in [4.69, 9.17) is 4.74 Å². The first kappa shape index (κ1) is 20.9. The lowest BCUT2D eigenvalue weighted by Crippen LogP contribution is -2.58. The van der Waals surface area contributed by atoms with Gasteiger partial charge in [0.2, 0.25) is 0 Å². The van der Waals surface area contributed by atoms with E-state index in [0.29, 0.717) is 11.3 Å². The highest BCUT2D eigenvalue weighted by Gasteiger charge is 2.40. The molecule has 7 nitrogen and oxygen atoms in total. The van der Waals surface area contributed by atoms with E-state index in [1.54, 1.807) is 7.11 Å². The highest BCUT2D eigenvalue weighted by atomic mass is 16.5. The fourth-order valence-electron chi connectivity index (χ4n) is 4.10. The number of methoxy groups -OCH3 is 1. The number of imide groups is 2. The van der Waals surface area contributed by atoms with Crippen LogP contribution in [0.15, 0.2) is 23.8 Å². The molecule has 0 unspecified atom stereocenters. The number of anilines is 1. The average Bonchev–Trinajstić information content (AvgIpc) is 2.73.